The van der Waals surface area contributed by atoms with E-state index in [1.54, 1.807) is 0 Å². The molecule has 2 N–H and O–H groups in total. The third-order valence-electron chi connectivity index (χ3n) is 2.22. The smallest absolute Gasteiger partial charge is 0.348 e. The van der Waals surface area contributed by atoms with Crippen LogP contribution in [0.1, 0.15) is 16.6 Å². The summed E-state index contributed by atoms with van der Waals surface area (Å²) in [7, 11) is 0. The Morgan fingerprint density at radius 2 is 1.95 bits per heavy atom. The molecule has 0 saturated heterocycles. The van der Waals surface area contributed by atoms with Gasteiger partial charge >= 0.3 is 5.97 Å². The van der Waals surface area contributed by atoms with Crippen molar-refractivity contribution >= 4 is 28.3 Å². The van der Waals surface area contributed by atoms with Gasteiger partial charge in [-0.1, -0.05) is 11.3 Å². The molecule has 1 aromatic carbocycles. The first-order chi connectivity index (χ1) is 8.97. The lowest BCUT2D eigenvalue weighted by molar-refractivity contribution is -0.114. The van der Waals surface area contributed by atoms with Crippen molar-refractivity contribution in [3.8, 4) is 11.3 Å². The maximum atomic E-state index is 12.8. The van der Waals surface area contributed by atoms with Crippen LogP contribution in [-0.2, 0) is 4.79 Å². The molecule has 0 radical (unpaired) electrons. The number of benzene rings is 1. The standard InChI is InChI=1S/C12H9FN2O3S/c1-6(16)14-12-15-9(10(19-12)11(17)18)7-2-4-8(13)5-3-7/h2-5H,1H3,(H,17,18)(H,14,15,16). The number of nitrogens with one attached hydrogen (secondary N) is 1. The van der Waals surface area contributed by atoms with Crippen LogP contribution in [0, 0.1) is 5.82 Å². The molecule has 0 spiro atoms. The summed E-state index contributed by atoms with van der Waals surface area (Å²) in [6.07, 6.45) is 0. The Labute approximate surface area is 111 Å². The van der Waals surface area contributed by atoms with Gasteiger partial charge in [-0.15, -0.1) is 0 Å². The third kappa shape index (κ3) is 2.94. The highest BCUT2D eigenvalue weighted by molar-refractivity contribution is 7.18. The number of carboxylic acid groups (broad SMARTS) is 1. The number of carbonyl (C=O) groups excluding carboxylic acids is 1. The lowest BCUT2D eigenvalue weighted by atomic mass is 10.1. The minimum absolute atomic E-state index is 0.00430. The number of thiazole rings is 1. The second-order valence-corrected chi connectivity index (χ2v) is 4.69. The maximum Gasteiger partial charge on any atom is 0.348 e. The highest BCUT2D eigenvalue weighted by Crippen LogP contribution is 2.31. The van der Waals surface area contributed by atoms with Crippen LogP contribution in [0.25, 0.3) is 11.3 Å². The summed E-state index contributed by atoms with van der Waals surface area (Å²) in [5.41, 5.74) is 0.688. The van der Waals surface area contributed by atoms with Crippen LogP contribution >= 0.6 is 11.3 Å². The van der Waals surface area contributed by atoms with E-state index in [4.69, 9.17) is 5.11 Å². The molecule has 1 amide bonds. The molecule has 0 aliphatic heterocycles. The normalized spacial score (nSPS) is 10.2. The molecule has 7 heteroatoms. The molecule has 2 rings (SSSR count). The molecule has 0 aliphatic carbocycles. The number of aromatic nitrogens is 1. The van der Waals surface area contributed by atoms with Crippen molar-refractivity contribution in [3.05, 3.63) is 35.0 Å². The fourth-order valence-corrected chi connectivity index (χ4v) is 2.35. The minimum atomic E-state index is -1.14. The molecule has 5 nitrogen and oxygen atoms in total. The first-order valence-electron chi connectivity index (χ1n) is 5.25. The van der Waals surface area contributed by atoms with Gasteiger partial charge in [0.05, 0.1) is 5.69 Å². The monoisotopic (exact) mass is 280 g/mol. The summed E-state index contributed by atoms with van der Waals surface area (Å²) in [5, 5.41) is 11.7. The summed E-state index contributed by atoms with van der Waals surface area (Å²) in [6, 6.07) is 5.32. The average molecular weight is 280 g/mol. The molecule has 19 heavy (non-hydrogen) atoms. The molecule has 0 atom stereocenters. The summed E-state index contributed by atoms with van der Waals surface area (Å²) >= 11 is 0.859. The van der Waals surface area contributed by atoms with E-state index in [1.807, 2.05) is 0 Å². The van der Waals surface area contributed by atoms with Crippen molar-refractivity contribution < 1.29 is 19.1 Å². The fraction of sp³-hybridized carbons (Fsp3) is 0.0833. The first-order valence-corrected chi connectivity index (χ1v) is 6.06. The van der Waals surface area contributed by atoms with Crippen molar-refractivity contribution in [2.45, 2.75) is 6.92 Å². The minimum Gasteiger partial charge on any atom is -0.477 e. The SMILES string of the molecule is CC(=O)Nc1nc(-c2ccc(F)cc2)c(C(=O)O)s1. The van der Waals surface area contributed by atoms with E-state index in [9.17, 15) is 14.0 Å². The van der Waals surface area contributed by atoms with E-state index in [0.717, 1.165) is 11.3 Å². The topological polar surface area (TPSA) is 79.3 Å². The number of rotatable bonds is 3. The first kappa shape index (κ1) is 13.2. The maximum absolute atomic E-state index is 12.8. The van der Waals surface area contributed by atoms with Crippen molar-refractivity contribution in [3.63, 3.8) is 0 Å². The Balaban J connectivity index is 2.48. The Bertz CT molecular complexity index is 637. The number of amides is 1. The number of hydrogen-bond acceptors (Lipinski definition) is 4. The van der Waals surface area contributed by atoms with Crippen molar-refractivity contribution in [1.29, 1.82) is 0 Å². The summed E-state index contributed by atoms with van der Waals surface area (Å²) in [5.74, 6) is -1.90. The van der Waals surface area contributed by atoms with Crippen LogP contribution in [0.5, 0.6) is 0 Å². The average Bonchev–Trinajstić information content (AvgIpc) is 2.73. The van der Waals surface area contributed by atoms with E-state index in [2.05, 4.69) is 10.3 Å². The van der Waals surface area contributed by atoms with Gasteiger partial charge in [0.25, 0.3) is 0 Å². The summed E-state index contributed by atoms with van der Waals surface area (Å²) in [4.78, 5) is 26.1. The Morgan fingerprint density at radius 3 is 2.47 bits per heavy atom. The van der Waals surface area contributed by atoms with E-state index in [1.165, 1.54) is 31.2 Å². The molecule has 1 aromatic heterocycles. The highest BCUT2D eigenvalue weighted by Gasteiger charge is 2.19. The number of hydrogen-bond donors (Lipinski definition) is 2. The number of carboxylic acids is 1. The van der Waals surface area contributed by atoms with Gasteiger partial charge in [0, 0.05) is 12.5 Å². The molecule has 0 aliphatic rings. The van der Waals surface area contributed by atoms with Crippen LogP contribution in [0.2, 0.25) is 0 Å². The molecule has 98 valence electrons. The number of halogens is 1. The van der Waals surface area contributed by atoms with Gasteiger partial charge in [-0.2, -0.15) is 0 Å². The van der Waals surface area contributed by atoms with Gasteiger partial charge in [0.1, 0.15) is 10.7 Å². The zero-order valence-corrected chi connectivity index (χ0v) is 10.6. The lowest BCUT2D eigenvalue weighted by Crippen LogP contribution is -2.04. The molecule has 0 saturated carbocycles. The Morgan fingerprint density at radius 1 is 1.32 bits per heavy atom. The Hall–Kier alpha value is -2.28. The number of carbonyl (C=O) groups is 2. The second-order valence-electron chi connectivity index (χ2n) is 3.69. The predicted molar refractivity (Wildman–Crippen MR) is 68.8 cm³/mol. The van der Waals surface area contributed by atoms with Gasteiger partial charge in [0.2, 0.25) is 5.91 Å². The molecule has 0 unspecified atom stereocenters. The van der Waals surface area contributed by atoms with Crippen molar-refractivity contribution in [2.75, 3.05) is 5.32 Å². The van der Waals surface area contributed by atoms with Gasteiger partial charge in [0.15, 0.2) is 5.13 Å². The number of aromatic carboxylic acids is 1. The van der Waals surface area contributed by atoms with Crippen molar-refractivity contribution in [2.24, 2.45) is 0 Å². The van der Waals surface area contributed by atoms with Gasteiger partial charge < -0.3 is 10.4 Å². The second kappa shape index (κ2) is 5.15. The van der Waals surface area contributed by atoms with Crippen LogP contribution in [0.15, 0.2) is 24.3 Å². The van der Waals surface area contributed by atoms with Gasteiger partial charge in [-0.05, 0) is 24.3 Å². The Kier molecular flexibility index (Phi) is 3.57. The fourth-order valence-electron chi connectivity index (χ4n) is 1.47. The number of anilines is 1. The van der Waals surface area contributed by atoms with Crippen LogP contribution < -0.4 is 5.32 Å². The van der Waals surface area contributed by atoms with Gasteiger partial charge in [-0.25, -0.2) is 14.2 Å². The number of nitrogens with zero attached hydrogens (tertiary/aromatic N) is 1. The van der Waals surface area contributed by atoms with Crippen LogP contribution in [0.4, 0.5) is 9.52 Å². The summed E-state index contributed by atoms with van der Waals surface area (Å²) < 4.78 is 12.8. The zero-order valence-electron chi connectivity index (χ0n) is 9.81. The van der Waals surface area contributed by atoms with Gasteiger partial charge in [-0.3, -0.25) is 4.79 Å². The molecule has 0 bridgehead atoms. The van der Waals surface area contributed by atoms with E-state index in [-0.39, 0.29) is 21.6 Å². The van der Waals surface area contributed by atoms with E-state index in [0.29, 0.717) is 5.56 Å². The van der Waals surface area contributed by atoms with Crippen LogP contribution in [0.3, 0.4) is 0 Å². The largest absolute Gasteiger partial charge is 0.477 e. The molecular weight excluding hydrogens is 271 g/mol. The highest BCUT2D eigenvalue weighted by atomic mass is 32.1. The quantitative estimate of drug-likeness (QED) is 0.905. The van der Waals surface area contributed by atoms with Crippen molar-refractivity contribution in [1.82, 2.24) is 4.98 Å². The van der Waals surface area contributed by atoms with E-state index < -0.39 is 11.8 Å². The molecular formula is C12H9FN2O3S. The van der Waals surface area contributed by atoms with E-state index >= 15 is 0 Å². The molecule has 1 heterocycles. The third-order valence-corrected chi connectivity index (χ3v) is 3.18. The summed E-state index contributed by atoms with van der Waals surface area (Å²) in [6.45, 7) is 1.30. The lowest BCUT2D eigenvalue weighted by Gasteiger charge is -1.98. The zero-order chi connectivity index (χ0) is 14.0. The predicted octanol–water partition coefficient (Wildman–Crippen LogP) is 2.61. The molecule has 2 aromatic rings. The van der Waals surface area contributed by atoms with Crippen LogP contribution in [-0.4, -0.2) is 22.0 Å². The molecule has 0 fully saturated rings.